The van der Waals surface area contributed by atoms with E-state index in [1.807, 2.05) is 0 Å². The Bertz CT molecular complexity index is 471. The van der Waals surface area contributed by atoms with E-state index in [1.165, 1.54) is 0 Å². The third-order valence-electron chi connectivity index (χ3n) is 2.27. The summed E-state index contributed by atoms with van der Waals surface area (Å²) in [6, 6.07) is 6.57. The quantitative estimate of drug-likeness (QED) is 0.673. The molecular formula is C12H14N2O4. The number of carboxylic acids is 1. The van der Waals surface area contributed by atoms with Gasteiger partial charge in [-0.15, -0.1) is 0 Å². The van der Waals surface area contributed by atoms with Crippen LogP contribution in [-0.2, 0) is 16.1 Å². The first-order valence-electron chi connectivity index (χ1n) is 5.36. The lowest BCUT2D eigenvalue weighted by molar-refractivity contribution is -0.138. The average Bonchev–Trinajstić information content (AvgIpc) is 2.34. The predicted molar refractivity (Wildman–Crippen MR) is 63.7 cm³/mol. The molecule has 0 heterocycles. The van der Waals surface area contributed by atoms with Gasteiger partial charge in [0.15, 0.2) is 0 Å². The number of nitrogens with two attached hydrogens (primary N) is 1. The van der Waals surface area contributed by atoms with Crippen molar-refractivity contribution in [2.45, 2.75) is 19.4 Å². The van der Waals surface area contributed by atoms with Gasteiger partial charge in [0.25, 0.3) is 0 Å². The molecule has 6 nitrogen and oxygen atoms in total. The Balaban J connectivity index is 2.48. The molecule has 0 saturated heterocycles. The highest BCUT2D eigenvalue weighted by atomic mass is 16.4. The van der Waals surface area contributed by atoms with Gasteiger partial charge in [-0.2, -0.15) is 0 Å². The smallest absolute Gasteiger partial charge is 0.303 e. The Kier molecular flexibility index (Phi) is 4.86. The second-order valence-corrected chi connectivity index (χ2v) is 3.74. The summed E-state index contributed by atoms with van der Waals surface area (Å²) >= 11 is 0. The van der Waals surface area contributed by atoms with Gasteiger partial charge in [-0.3, -0.25) is 14.4 Å². The molecule has 0 aliphatic heterocycles. The van der Waals surface area contributed by atoms with E-state index in [2.05, 4.69) is 5.32 Å². The van der Waals surface area contributed by atoms with Crippen LogP contribution < -0.4 is 11.1 Å². The summed E-state index contributed by atoms with van der Waals surface area (Å²) in [6.07, 6.45) is -0.266. The van der Waals surface area contributed by atoms with Crippen LogP contribution in [0.2, 0.25) is 0 Å². The zero-order valence-corrected chi connectivity index (χ0v) is 9.68. The van der Waals surface area contributed by atoms with Crippen LogP contribution in [0, 0.1) is 0 Å². The molecule has 0 aliphatic carbocycles. The zero-order valence-electron chi connectivity index (χ0n) is 9.68. The summed E-state index contributed by atoms with van der Waals surface area (Å²) in [6.45, 7) is 0.236. The molecule has 0 spiro atoms. The molecule has 0 aliphatic rings. The topological polar surface area (TPSA) is 109 Å². The standard InChI is InChI=1S/C12H14N2O4/c13-12(18)9-3-1-2-8(6-9)7-14-10(15)4-5-11(16)17/h1-3,6H,4-5,7H2,(H2,13,18)(H,14,15)(H,16,17). The van der Waals surface area contributed by atoms with Crippen molar-refractivity contribution in [1.82, 2.24) is 5.32 Å². The van der Waals surface area contributed by atoms with Crippen LogP contribution in [0.5, 0.6) is 0 Å². The van der Waals surface area contributed by atoms with Crippen molar-refractivity contribution < 1.29 is 19.5 Å². The fourth-order valence-electron chi connectivity index (χ4n) is 1.34. The summed E-state index contributed by atoms with van der Waals surface area (Å²) < 4.78 is 0. The SMILES string of the molecule is NC(=O)c1cccc(CNC(=O)CCC(=O)O)c1. The lowest BCUT2D eigenvalue weighted by Gasteiger charge is -2.05. The number of carboxylic acid groups (broad SMARTS) is 1. The van der Waals surface area contributed by atoms with Gasteiger partial charge in [0.1, 0.15) is 0 Å². The van der Waals surface area contributed by atoms with Crippen LogP contribution in [0.25, 0.3) is 0 Å². The van der Waals surface area contributed by atoms with Gasteiger partial charge in [-0.25, -0.2) is 0 Å². The summed E-state index contributed by atoms with van der Waals surface area (Å²) in [5, 5.41) is 11.0. The van der Waals surface area contributed by atoms with Crippen molar-refractivity contribution >= 4 is 17.8 Å². The van der Waals surface area contributed by atoms with Gasteiger partial charge in [0.05, 0.1) is 6.42 Å². The largest absolute Gasteiger partial charge is 0.481 e. The zero-order chi connectivity index (χ0) is 13.5. The lowest BCUT2D eigenvalue weighted by Crippen LogP contribution is -2.23. The first kappa shape index (κ1) is 13.7. The molecule has 4 N–H and O–H groups in total. The molecule has 0 fully saturated rings. The Morgan fingerprint density at radius 3 is 2.56 bits per heavy atom. The van der Waals surface area contributed by atoms with E-state index >= 15 is 0 Å². The first-order chi connectivity index (χ1) is 8.49. The highest BCUT2D eigenvalue weighted by molar-refractivity contribution is 5.92. The van der Waals surface area contributed by atoms with Crippen LogP contribution in [0.4, 0.5) is 0 Å². The van der Waals surface area contributed by atoms with Gasteiger partial charge in [-0.05, 0) is 17.7 Å². The van der Waals surface area contributed by atoms with Crippen molar-refractivity contribution in [1.29, 1.82) is 0 Å². The van der Waals surface area contributed by atoms with Gasteiger partial charge in [0, 0.05) is 18.5 Å². The number of nitrogens with one attached hydrogen (secondary N) is 1. The normalized spacial score (nSPS) is 9.78. The van der Waals surface area contributed by atoms with Crippen molar-refractivity contribution in [2.75, 3.05) is 0 Å². The number of carbonyl (C=O) groups is 3. The maximum Gasteiger partial charge on any atom is 0.303 e. The van der Waals surface area contributed by atoms with E-state index < -0.39 is 11.9 Å². The summed E-state index contributed by atoms with van der Waals surface area (Å²) in [5.74, 6) is -1.89. The number of aliphatic carboxylic acids is 1. The Hall–Kier alpha value is -2.37. The van der Waals surface area contributed by atoms with Gasteiger partial charge < -0.3 is 16.2 Å². The molecule has 6 heteroatoms. The fraction of sp³-hybridized carbons (Fsp3) is 0.250. The van der Waals surface area contributed by atoms with Crippen LogP contribution >= 0.6 is 0 Å². The summed E-state index contributed by atoms with van der Waals surface area (Å²) in [7, 11) is 0. The molecule has 0 saturated carbocycles. The van der Waals surface area contributed by atoms with Crippen LogP contribution in [0.15, 0.2) is 24.3 Å². The van der Waals surface area contributed by atoms with Crippen molar-refractivity contribution in [2.24, 2.45) is 5.73 Å². The van der Waals surface area contributed by atoms with Crippen LogP contribution in [0.1, 0.15) is 28.8 Å². The molecule has 18 heavy (non-hydrogen) atoms. The van der Waals surface area contributed by atoms with Crippen molar-refractivity contribution in [3.8, 4) is 0 Å². The van der Waals surface area contributed by atoms with E-state index in [9.17, 15) is 14.4 Å². The average molecular weight is 250 g/mol. The maximum absolute atomic E-state index is 11.3. The molecule has 2 amide bonds. The Morgan fingerprint density at radius 2 is 1.94 bits per heavy atom. The monoisotopic (exact) mass is 250 g/mol. The second-order valence-electron chi connectivity index (χ2n) is 3.74. The van der Waals surface area contributed by atoms with E-state index in [0.29, 0.717) is 5.56 Å². The highest BCUT2D eigenvalue weighted by Gasteiger charge is 2.06. The van der Waals surface area contributed by atoms with Crippen molar-refractivity contribution in [3.05, 3.63) is 35.4 Å². The number of rotatable bonds is 6. The highest BCUT2D eigenvalue weighted by Crippen LogP contribution is 2.04. The number of hydrogen-bond donors (Lipinski definition) is 3. The van der Waals surface area contributed by atoms with Crippen molar-refractivity contribution in [3.63, 3.8) is 0 Å². The fourth-order valence-corrected chi connectivity index (χ4v) is 1.34. The molecular weight excluding hydrogens is 236 g/mol. The molecule has 0 bridgehead atoms. The maximum atomic E-state index is 11.3. The first-order valence-corrected chi connectivity index (χ1v) is 5.36. The Morgan fingerprint density at radius 1 is 1.22 bits per heavy atom. The lowest BCUT2D eigenvalue weighted by atomic mass is 10.1. The van der Waals surface area contributed by atoms with E-state index in [1.54, 1.807) is 24.3 Å². The number of carbonyl (C=O) groups excluding carboxylic acids is 2. The summed E-state index contributed by atoms with van der Waals surface area (Å²) in [4.78, 5) is 32.5. The number of primary amides is 1. The minimum atomic E-state index is -1.01. The minimum absolute atomic E-state index is 0.0646. The van der Waals surface area contributed by atoms with E-state index in [-0.39, 0.29) is 25.3 Å². The molecule has 0 aromatic heterocycles. The van der Waals surface area contributed by atoms with Gasteiger partial charge in [0.2, 0.25) is 11.8 Å². The molecule has 1 rings (SSSR count). The molecule has 0 unspecified atom stereocenters. The molecule has 1 aromatic rings. The van der Waals surface area contributed by atoms with Crippen LogP contribution in [-0.4, -0.2) is 22.9 Å². The molecule has 96 valence electrons. The molecule has 0 atom stereocenters. The third-order valence-corrected chi connectivity index (χ3v) is 2.27. The second kappa shape index (κ2) is 6.39. The number of hydrogen-bond acceptors (Lipinski definition) is 3. The number of amides is 2. The van der Waals surface area contributed by atoms with Gasteiger partial charge in [-0.1, -0.05) is 12.1 Å². The van der Waals surface area contributed by atoms with Crippen LogP contribution in [0.3, 0.4) is 0 Å². The van der Waals surface area contributed by atoms with E-state index in [0.717, 1.165) is 5.56 Å². The Labute approximate surface area is 104 Å². The molecule has 1 aromatic carbocycles. The number of benzene rings is 1. The van der Waals surface area contributed by atoms with E-state index in [4.69, 9.17) is 10.8 Å². The van der Waals surface area contributed by atoms with Gasteiger partial charge >= 0.3 is 5.97 Å². The third kappa shape index (κ3) is 4.65. The molecule has 0 radical (unpaired) electrons. The summed E-state index contributed by atoms with van der Waals surface area (Å²) in [5.41, 5.74) is 6.23. The predicted octanol–water partition coefficient (Wildman–Crippen LogP) is 0.266. The minimum Gasteiger partial charge on any atom is -0.481 e.